The SMILES string of the molecule is CC(C)(C)C1CCC(C(=O)N[C@@]2(C)CCS(=O)(=O)C2)CC1. The molecule has 2 aliphatic rings. The van der Waals surface area contributed by atoms with Crippen LogP contribution >= 0.6 is 0 Å². The Morgan fingerprint density at radius 3 is 2.14 bits per heavy atom. The van der Waals surface area contributed by atoms with E-state index in [4.69, 9.17) is 0 Å². The Morgan fingerprint density at radius 2 is 1.71 bits per heavy atom. The smallest absolute Gasteiger partial charge is 0.223 e. The van der Waals surface area contributed by atoms with Gasteiger partial charge in [0.1, 0.15) is 0 Å². The molecule has 0 bridgehead atoms. The molecule has 0 radical (unpaired) electrons. The van der Waals surface area contributed by atoms with Crippen molar-refractivity contribution in [1.82, 2.24) is 5.32 Å². The van der Waals surface area contributed by atoms with Crippen LogP contribution in [0.3, 0.4) is 0 Å². The van der Waals surface area contributed by atoms with Gasteiger partial charge in [-0.3, -0.25) is 4.79 Å². The van der Waals surface area contributed by atoms with E-state index in [9.17, 15) is 13.2 Å². The molecule has 0 aromatic heterocycles. The van der Waals surface area contributed by atoms with Gasteiger partial charge in [0.15, 0.2) is 9.84 Å². The third-order valence-corrected chi connectivity index (χ3v) is 7.15. The highest BCUT2D eigenvalue weighted by atomic mass is 32.2. The lowest BCUT2D eigenvalue weighted by atomic mass is 9.69. The molecule has 2 fully saturated rings. The number of hydrogen-bond acceptors (Lipinski definition) is 3. The van der Waals surface area contributed by atoms with Gasteiger partial charge in [-0.15, -0.1) is 0 Å². The van der Waals surface area contributed by atoms with Crippen molar-refractivity contribution in [3.05, 3.63) is 0 Å². The summed E-state index contributed by atoms with van der Waals surface area (Å²) >= 11 is 0. The van der Waals surface area contributed by atoms with Crippen LogP contribution in [0.4, 0.5) is 0 Å². The molecule has 21 heavy (non-hydrogen) atoms. The molecule has 1 heterocycles. The molecule has 4 nitrogen and oxygen atoms in total. The number of sulfone groups is 1. The minimum absolute atomic E-state index is 0.0574. The van der Waals surface area contributed by atoms with Crippen LogP contribution < -0.4 is 5.32 Å². The van der Waals surface area contributed by atoms with Crippen molar-refractivity contribution in [2.75, 3.05) is 11.5 Å². The Balaban J connectivity index is 1.89. The highest BCUT2D eigenvalue weighted by Crippen LogP contribution is 2.40. The van der Waals surface area contributed by atoms with E-state index in [-0.39, 0.29) is 23.3 Å². The molecule has 1 N–H and O–H groups in total. The van der Waals surface area contributed by atoms with Crippen molar-refractivity contribution in [3.63, 3.8) is 0 Å². The van der Waals surface area contributed by atoms with Gasteiger partial charge in [-0.05, 0) is 50.4 Å². The highest BCUT2D eigenvalue weighted by Gasteiger charge is 2.41. The molecule has 0 spiro atoms. The summed E-state index contributed by atoms with van der Waals surface area (Å²) < 4.78 is 23.2. The Bertz CT molecular complexity index is 498. The molecule has 0 aromatic carbocycles. The quantitative estimate of drug-likeness (QED) is 0.851. The molecule has 1 aliphatic carbocycles. The summed E-state index contributed by atoms with van der Waals surface area (Å²) in [7, 11) is -2.97. The first-order chi connectivity index (χ1) is 9.51. The predicted octanol–water partition coefficient (Wildman–Crippen LogP) is 2.53. The zero-order valence-electron chi connectivity index (χ0n) is 13.7. The zero-order chi connectivity index (χ0) is 15.9. The molecule has 1 atom stereocenters. The Morgan fingerprint density at radius 1 is 1.14 bits per heavy atom. The van der Waals surface area contributed by atoms with Crippen molar-refractivity contribution in [2.45, 2.75) is 65.3 Å². The Hall–Kier alpha value is -0.580. The second-order valence-electron chi connectivity index (χ2n) is 8.31. The van der Waals surface area contributed by atoms with Gasteiger partial charge in [0.05, 0.1) is 17.0 Å². The summed E-state index contributed by atoms with van der Waals surface area (Å²) in [5, 5.41) is 3.02. The van der Waals surface area contributed by atoms with Crippen LogP contribution in [0, 0.1) is 17.3 Å². The van der Waals surface area contributed by atoms with Gasteiger partial charge in [-0.2, -0.15) is 0 Å². The number of rotatable bonds is 2. The molecule has 0 unspecified atom stereocenters. The summed E-state index contributed by atoms with van der Waals surface area (Å²) in [5.41, 5.74) is -0.246. The van der Waals surface area contributed by atoms with Gasteiger partial charge in [0.2, 0.25) is 5.91 Å². The molecule has 1 saturated carbocycles. The fourth-order valence-corrected chi connectivity index (χ4v) is 5.82. The van der Waals surface area contributed by atoms with E-state index in [2.05, 4.69) is 26.1 Å². The normalized spacial score (nSPS) is 36.4. The van der Waals surface area contributed by atoms with E-state index in [1.54, 1.807) is 0 Å². The van der Waals surface area contributed by atoms with E-state index in [1.165, 1.54) is 0 Å². The molecule has 0 aromatic rings. The molecule has 1 aliphatic heterocycles. The lowest BCUT2D eigenvalue weighted by molar-refractivity contribution is -0.128. The molecular formula is C16H29NO3S. The number of amides is 1. The van der Waals surface area contributed by atoms with Crippen LogP contribution in [0.25, 0.3) is 0 Å². The highest BCUT2D eigenvalue weighted by molar-refractivity contribution is 7.91. The number of carbonyl (C=O) groups excluding carboxylic acids is 1. The maximum atomic E-state index is 12.4. The summed E-state index contributed by atoms with van der Waals surface area (Å²) in [4.78, 5) is 12.4. The van der Waals surface area contributed by atoms with Gasteiger partial charge in [0, 0.05) is 5.92 Å². The predicted molar refractivity (Wildman–Crippen MR) is 84.7 cm³/mol. The van der Waals surface area contributed by atoms with Crippen LogP contribution in [0.2, 0.25) is 0 Å². The van der Waals surface area contributed by atoms with E-state index in [0.29, 0.717) is 17.8 Å². The van der Waals surface area contributed by atoms with E-state index in [0.717, 1.165) is 25.7 Å². The largest absolute Gasteiger partial charge is 0.350 e. The molecule has 1 amide bonds. The minimum Gasteiger partial charge on any atom is -0.350 e. The molecule has 122 valence electrons. The van der Waals surface area contributed by atoms with Crippen LogP contribution in [0.1, 0.15) is 59.8 Å². The monoisotopic (exact) mass is 315 g/mol. The number of hydrogen-bond donors (Lipinski definition) is 1. The molecular weight excluding hydrogens is 286 g/mol. The van der Waals surface area contributed by atoms with Crippen molar-refractivity contribution in [2.24, 2.45) is 17.3 Å². The summed E-state index contributed by atoms with van der Waals surface area (Å²) in [6, 6.07) is 0. The van der Waals surface area contributed by atoms with Crippen molar-refractivity contribution < 1.29 is 13.2 Å². The minimum atomic E-state index is -2.97. The van der Waals surface area contributed by atoms with Gasteiger partial charge in [-0.25, -0.2) is 8.42 Å². The first-order valence-corrected chi connectivity index (χ1v) is 9.85. The van der Waals surface area contributed by atoms with E-state index >= 15 is 0 Å². The topological polar surface area (TPSA) is 63.2 Å². The molecule has 5 heteroatoms. The fourth-order valence-electron chi connectivity index (χ4n) is 3.73. The van der Waals surface area contributed by atoms with Crippen LogP contribution in [-0.2, 0) is 14.6 Å². The third-order valence-electron chi connectivity index (χ3n) is 5.25. The van der Waals surface area contributed by atoms with Gasteiger partial charge >= 0.3 is 0 Å². The summed E-state index contributed by atoms with van der Waals surface area (Å²) in [6.45, 7) is 8.66. The van der Waals surface area contributed by atoms with Gasteiger partial charge in [-0.1, -0.05) is 20.8 Å². The lowest BCUT2D eigenvalue weighted by Gasteiger charge is -2.37. The first kappa shape index (κ1) is 16.8. The maximum absolute atomic E-state index is 12.4. The standard InChI is InChI=1S/C16H29NO3S/c1-15(2,3)13-7-5-12(6-8-13)14(18)17-16(4)9-10-21(19,20)11-16/h12-13H,5-11H2,1-4H3,(H,17,18)/t12?,13?,16-/m0/s1. The zero-order valence-corrected chi connectivity index (χ0v) is 14.6. The maximum Gasteiger partial charge on any atom is 0.223 e. The lowest BCUT2D eigenvalue weighted by Crippen LogP contribution is -2.49. The Labute approximate surface area is 129 Å². The molecule has 2 rings (SSSR count). The van der Waals surface area contributed by atoms with E-state index < -0.39 is 15.4 Å². The van der Waals surface area contributed by atoms with Gasteiger partial charge < -0.3 is 5.32 Å². The summed E-state index contributed by atoms with van der Waals surface area (Å²) in [6.07, 6.45) is 4.58. The van der Waals surface area contributed by atoms with E-state index in [1.807, 2.05) is 6.92 Å². The number of nitrogens with one attached hydrogen (secondary N) is 1. The second kappa shape index (κ2) is 5.56. The fraction of sp³-hybridized carbons (Fsp3) is 0.938. The van der Waals surface area contributed by atoms with Crippen molar-refractivity contribution in [3.8, 4) is 0 Å². The van der Waals surface area contributed by atoms with Crippen LogP contribution in [0.15, 0.2) is 0 Å². The average molecular weight is 315 g/mol. The molecule has 1 saturated heterocycles. The van der Waals surface area contributed by atoms with Crippen LogP contribution in [-0.4, -0.2) is 31.4 Å². The average Bonchev–Trinajstić information content (AvgIpc) is 2.62. The van der Waals surface area contributed by atoms with Crippen molar-refractivity contribution in [1.29, 1.82) is 0 Å². The first-order valence-electron chi connectivity index (χ1n) is 8.03. The van der Waals surface area contributed by atoms with Crippen molar-refractivity contribution >= 4 is 15.7 Å². The summed E-state index contributed by atoms with van der Waals surface area (Å²) in [5.74, 6) is 1.08. The van der Waals surface area contributed by atoms with Crippen LogP contribution in [0.5, 0.6) is 0 Å². The number of carbonyl (C=O) groups is 1. The Kier molecular flexibility index (Phi) is 4.45. The second-order valence-corrected chi connectivity index (χ2v) is 10.5. The van der Waals surface area contributed by atoms with Gasteiger partial charge in [0.25, 0.3) is 0 Å². The third kappa shape index (κ3) is 4.21.